The third kappa shape index (κ3) is 3.60. The van der Waals surface area contributed by atoms with E-state index in [0.29, 0.717) is 6.41 Å². The molecule has 0 aliphatic carbocycles. The molecule has 1 heterocycles. The Kier molecular flexibility index (Phi) is 4.56. The molecule has 0 unspecified atom stereocenters. The summed E-state index contributed by atoms with van der Waals surface area (Å²) in [5, 5.41) is 12.2. The second-order valence-corrected chi connectivity index (χ2v) is 4.49. The number of aryl methyl sites for hydroxylation is 1. The van der Waals surface area contributed by atoms with Gasteiger partial charge in [0.2, 0.25) is 6.41 Å². The van der Waals surface area contributed by atoms with Gasteiger partial charge in [-0.05, 0) is 25.1 Å². The SMILES string of the molecule is Cc1ccc2oc3ccccc3c2c1.O=CNCC(=O)O. The number of para-hydroxylation sites is 1. The van der Waals surface area contributed by atoms with Crippen LogP contribution in [0.15, 0.2) is 46.9 Å². The minimum Gasteiger partial charge on any atom is -0.480 e. The number of benzene rings is 2. The van der Waals surface area contributed by atoms with E-state index in [1.54, 1.807) is 0 Å². The van der Waals surface area contributed by atoms with Gasteiger partial charge in [-0.3, -0.25) is 9.59 Å². The van der Waals surface area contributed by atoms with Gasteiger partial charge in [0.1, 0.15) is 17.7 Å². The lowest BCUT2D eigenvalue weighted by Crippen LogP contribution is -2.20. The molecule has 0 fully saturated rings. The largest absolute Gasteiger partial charge is 0.480 e. The first kappa shape index (κ1) is 14.6. The fourth-order valence-electron chi connectivity index (χ4n) is 1.97. The van der Waals surface area contributed by atoms with Crippen molar-refractivity contribution in [1.82, 2.24) is 5.32 Å². The van der Waals surface area contributed by atoms with Crippen LogP contribution in [0.3, 0.4) is 0 Å². The van der Waals surface area contributed by atoms with Crippen LogP contribution in [-0.4, -0.2) is 24.0 Å². The molecular weight excluding hydrogens is 270 g/mol. The van der Waals surface area contributed by atoms with Crippen LogP contribution in [-0.2, 0) is 9.59 Å². The van der Waals surface area contributed by atoms with Crippen molar-refractivity contribution in [3.8, 4) is 0 Å². The summed E-state index contributed by atoms with van der Waals surface area (Å²) in [4.78, 5) is 18.9. The van der Waals surface area contributed by atoms with Crippen molar-refractivity contribution in [2.45, 2.75) is 6.92 Å². The summed E-state index contributed by atoms with van der Waals surface area (Å²) < 4.78 is 5.71. The number of carbonyl (C=O) groups excluding carboxylic acids is 1. The van der Waals surface area contributed by atoms with E-state index in [4.69, 9.17) is 9.52 Å². The molecule has 3 rings (SSSR count). The smallest absolute Gasteiger partial charge is 0.322 e. The Morgan fingerprint density at radius 1 is 1.19 bits per heavy atom. The molecule has 0 atom stereocenters. The van der Waals surface area contributed by atoms with Crippen LogP contribution in [0, 0.1) is 6.92 Å². The van der Waals surface area contributed by atoms with Crippen molar-refractivity contribution in [3.05, 3.63) is 48.0 Å². The lowest BCUT2D eigenvalue weighted by molar-refractivity contribution is -0.136. The van der Waals surface area contributed by atoms with Crippen LogP contribution in [0.25, 0.3) is 21.9 Å². The van der Waals surface area contributed by atoms with E-state index < -0.39 is 5.97 Å². The highest BCUT2D eigenvalue weighted by atomic mass is 16.4. The second-order valence-electron chi connectivity index (χ2n) is 4.49. The average Bonchev–Trinajstić information content (AvgIpc) is 2.84. The highest BCUT2D eigenvalue weighted by Crippen LogP contribution is 2.28. The van der Waals surface area contributed by atoms with Crippen molar-refractivity contribution in [3.63, 3.8) is 0 Å². The van der Waals surface area contributed by atoms with Crippen molar-refractivity contribution in [2.24, 2.45) is 0 Å². The van der Waals surface area contributed by atoms with E-state index in [-0.39, 0.29) is 6.54 Å². The first-order valence-corrected chi connectivity index (χ1v) is 6.38. The Morgan fingerprint density at radius 2 is 1.90 bits per heavy atom. The zero-order valence-electron chi connectivity index (χ0n) is 11.5. The van der Waals surface area contributed by atoms with Gasteiger partial charge < -0.3 is 14.8 Å². The van der Waals surface area contributed by atoms with Gasteiger partial charge >= 0.3 is 5.97 Å². The predicted octanol–water partition coefficient (Wildman–Crippen LogP) is 2.71. The number of rotatable bonds is 3. The number of carboxylic acids is 1. The normalized spacial score (nSPS) is 9.95. The Balaban J connectivity index is 0.000000199. The number of hydrogen-bond acceptors (Lipinski definition) is 3. The van der Waals surface area contributed by atoms with Crippen molar-refractivity contribution in [2.75, 3.05) is 6.54 Å². The van der Waals surface area contributed by atoms with Crippen LogP contribution < -0.4 is 5.32 Å². The molecule has 2 N–H and O–H groups in total. The van der Waals surface area contributed by atoms with E-state index in [9.17, 15) is 9.59 Å². The molecular formula is C16H15NO4. The van der Waals surface area contributed by atoms with E-state index >= 15 is 0 Å². The first-order valence-electron chi connectivity index (χ1n) is 6.38. The molecule has 5 nitrogen and oxygen atoms in total. The van der Waals surface area contributed by atoms with Gasteiger partial charge in [-0.2, -0.15) is 0 Å². The molecule has 0 spiro atoms. The Hall–Kier alpha value is -2.82. The number of aliphatic carboxylic acids is 1. The molecule has 1 amide bonds. The van der Waals surface area contributed by atoms with Gasteiger partial charge in [0.05, 0.1) is 0 Å². The fourth-order valence-corrected chi connectivity index (χ4v) is 1.97. The third-order valence-electron chi connectivity index (χ3n) is 2.87. The zero-order chi connectivity index (χ0) is 15.2. The van der Waals surface area contributed by atoms with Gasteiger partial charge in [0, 0.05) is 10.8 Å². The minimum atomic E-state index is -1.04. The molecule has 0 bridgehead atoms. The van der Waals surface area contributed by atoms with Crippen molar-refractivity contribution < 1.29 is 19.1 Å². The van der Waals surface area contributed by atoms with E-state index in [1.165, 1.54) is 16.3 Å². The van der Waals surface area contributed by atoms with Crippen LogP contribution in [0.5, 0.6) is 0 Å². The maximum atomic E-state index is 9.54. The topological polar surface area (TPSA) is 79.5 Å². The van der Waals surface area contributed by atoms with Gasteiger partial charge in [-0.25, -0.2) is 0 Å². The number of nitrogens with one attached hydrogen (secondary N) is 1. The van der Waals surface area contributed by atoms with Crippen molar-refractivity contribution >= 4 is 34.3 Å². The number of carbonyl (C=O) groups is 2. The quantitative estimate of drug-likeness (QED) is 0.725. The summed E-state index contributed by atoms with van der Waals surface area (Å²) in [6.45, 7) is 1.80. The van der Waals surface area contributed by atoms with Crippen LogP contribution >= 0.6 is 0 Å². The first-order chi connectivity index (χ1) is 10.1. The van der Waals surface area contributed by atoms with Gasteiger partial charge in [0.25, 0.3) is 0 Å². The Morgan fingerprint density at radius 3 is 2.57 bits per heavy atom. The summed E-state index contributed by atoms with van der Waals surface area (Å²) in [7, 11) is 0. The average molecular weight is 285 g/mol. The Bertz CT molecular complexity index is 776. The van der Waals surface area contributed by atoms with Gasteiger partial charge in [0.15, 0.2) is 0 Å². The van der Waals surface area contributed by atoms with E-state index in [2.05, 4.69) is 25.1 Å². The number of fused-ring (bicyclic) bond motifs is 3. The van der Waals surface area contributed by atoms with E-state index in [0.717, 1.165) is 11.2 Å². The molecule has 1 aromatic heterocycles. The third-order valence-corrected chi connectivity index (χ3v) is 2.87. The van der Waals surface area contributed by atoms with Crippen LogP contribution in [0.1, 0.15) is 5.56 Å². The lowest BCUT2D eigenvalue weighted by atomic mass is 10.1. The van der Waals surface area contributed by atoms with Crippen LogP contribution in [0.2, 0.25) is 0 Å². The van der Waals surface area contributed by atoms with Crippen LogP contribution in [0.4, 0.5) is 0 Å². The number of amides is 1. The maximum absolute atomic E-state index is 9.54. The molecule has 0 radical (unpaired) electrons. The molecule has 2 aromatic carbocycles. The Labute approximate surface area is 121 Å². The minimum absolute atomic E-state index is 0.302. The summed E-state index contributed by atoms with van der Waals surface area (Å²) in [5.74, 6) is -1.04. The summed E-state index contributed by atoms with van der Waals surface area (Å²) >= 11 is 0. The molecule has 3 aromatic rings. The summed E-state index contributed by atoms with van der Waals surface area (Å²) in [6, 6.07) is 14.4. The van der Waals surface area contributed by atoms with Gasteiger partial charge in [-0.15, -0.1) is 0 Å². The fraction of sp³-hybridized carbons (Fsp3) is 0.125. The second kappa shape index (κ2) is 6.56. The molecule has 5 heteroatoms. The van der Waals surface area contributed by atoms with Crippen molar-refractivity contribution in [1.29, 1.82) is 0 Å². The molecule has 0 saturated carbocycles. The maximum Gasteiger partial charge on any atom is 0.322 e. The summed E-state index contributed by atoms with van der Waals surface area (Å²) in [5.41, 5.74) is 3.20. The highest BCUT2D eigenvalue weighted by Gasteiger charge is 2.04. The highest BCUT2D eigenvalue weighted by molar-refractivity contribution is 6.04. The lowest BCUT2D eigenvalue weighted by Gasteiger charge is -1.90. The summed E-state index contributed by atoms with van der Waals surface area (Å²) in [6.07, 6.45) is 0.341. The number of furan rings is 1. The number of hydrogen-bond donors (Lipinski definition) is 2. The number of carboxylic acid groups (broad SMARTS) is 1. The molecule has 0 aliphatic heterocycles. The molecule has 21 heavy (non-hydrogen) atoms. The monoisotopic (exact) mass is 285 g/mol. The molecule has 0 aliphatic rings. The zero-order valence-corrected chi connectivity index (χ0v) is 11.5. The standard InChI is InChI=1S/C13H10O.C3H5NO3/c1-9-6-7-13-11(8-9)10-4-2-3-5-12(10)14-13;5-2-4-1-3(6)7/h2-8H,1H3;2H,1H2,(H,4,5)(H,6,7). The van der Waals surface area contributed by atoms with E-state index in [1.807, 2.05) is 29.6 Å². The molecule has 0 saturated heterocycles. The van der Waals surface area contributed by atoms with Gasteiger partial charge in [-0.1, -0.05) is 29.8 Å². The predicted molar refractivity (Wildman–Crippen MR) is 80.2 cm³/mol. The molecule has 108 valence electrons.